The quantitative estimate of drug-likeness (QED) is 0.0632. The molecule has 0 saturated carbocycles. The predicted octanol–water partition coefficient (Wildman–Crippen LogP) is -0.0835. The van der Waals surface area contributed by atoms with Crippen LogP contribution in [-0.2, 0) is 37.1 Å². The number of aliphatic carboxylic acids is 1. The van der Waals surface area contributed by atoms with Crippen LogP contribution in [0.25, 0.3) is 0 Å². The van der Waals surface area contributed by atoms with Crippen LogP contribution < -0.4 is 25.0 Å². The average Bonchev–Trinajstić information content (AvgIpc) is 3.45. The number of carbonyl (C=O) groups is 6. The number of fused-ring (bicyclic) bond motifs is 1. The number of ether oxygens (including phenoxy) is 1. The number of likely N-dealkylation sites (tertiary alicyclic amines) is 1. The molecule has 2 atom stereocenters. The van der Waals surface area contributed by atoms with Gasteiger partial charge < -0.3 is 40.4 Å². The van der Waals surface area contributed by atoms with Crippen LogP contribution in [0, 0.1) is 5.82 Å². The van der Waals surface area contributed by atoms with Gasteiger partial charge in [0.1, 0.15) is 17.2 Å². The molecular formula is C35H30FN5NaO10S. The van der Waals surface area contributed by atoms with E-state index in [2.05, 4.69) is 10.6 Å². The van der Waals surface area contributed by atoms with E-state index in [9.17, 15) is 43.4 Å². The Morgan fingerprint density at radius 3 is 2.43 bits per heavy atom. The third-order valence-electron chi connectivity index (χ3n) is 8.43. The van der Waals surface area contributed by atoms with Crippen LogP contribution in [0.4, 0.5) is 10.1 Å². The third kappa shape index (κ3) is 8.88. The van der Waals surface area contributed by atoms with E-state index in [1.807, 2.05) is 0 Å². The van der Waals surface area contributed by atoms with E-state index in [1.165, 1.54) is 48.2 Å². The number of phenolic OH excluding ortho intramolecular Hbond substituents is 1. The number of carboxylic acid groups (broad SMARTS) is 2. The van der Waals surface area contributed by atoms with Gasteiger partial charge in [0, 0.05) is 77.9 Å². The molecular weight excluding hydrogens is 724 g/mol. The largest absolute Gasteiger partial charge is 0.543 e. The van der Waals surface area contributed by atoms with E-state index in [1.54, 1.807) is 34.0 Å². The van der Waals surface area contributed by atoms with Crippen molar-refractivity contribution in [3.63, 3.8) is 0 Å². The number of pyridine rings is 1. The molecule has 4 amide bonds. The molecule has 2 aromatic carbocycles. The number of β-lactam (4-membered cyclic amide) rings is 1. The van der Waals surface area contributed by atoms with Crippen LogP contribution in [0.2, 0.25) is 0 Å². The number of aromatic nitrogens is 1. The second kappa shape index (κ2) is 16.6. The second-order valence-electron chi connectivity index (χ2n) is 12.0. The summed E-state index contributed by atoms with van der Waals surface area (Å²) in [6.07, 6.45) is 5.14. The standard InChI is InChI=1S/C35H30FN5O10S.Na/c36-25-14-23(3-6-26(25)42)37-27(43)16-39-10-7-19(8-11-39)15-40-12-9-21(31(40)45)13-22-18-52-33-29(32(46)41(33)30(22)35(49)50)38-28(44)17-51-24-4-1-20(2-5-24)34(47)48;/h1-8,10-11,13-14,29,33H,9,12,15-18H2,(H4-,37,38,42,43,44,47,48,49,50);/t29-,33-;/m1./s1. The number of aromatic carboxylic acids is 1. The fourth-order valence-corrected chi connectivity index (χ4v) is 7.14. The molecule has 4 N–H and O–H groups in total. The van der Waals surface area contributed by atoms with Crippen molar-refractivity contribution in [3.05, 3.63) is 107 Å². The van der Waals surface area contributed by atoms with E-state index >= 15 is 0 Å². The van der Waals surface area contributed by atoms with Crippen molar-refractivity contribution in [1.82, 2.24) is 15.1 Å². The summed E-state index contributed by atoms with van der Waals surface area (Å²) < 4.78 is 20.5. The Morgan fingerprint density at radius 2 is 1.77 bits per heavy atom. The first-order valence-corrected chi connectivity index (χ1v) is 16.8. The average molecular weight is 755 g/mol. The molecule has 3 aliphatic heterocycles. The van der Waals surface area contributed by atoms with Crippen molar-refractivity contribution in [2.45, 2.75) is 30.9 Å². The molecule has 15 nitrogen and oxygen atoms in total. The molecule has 3 aliphatic rings. The molecule has 0 bridgehead atoms. The Hall–Kier alpha value is -5.23. The Labute approximate surface area is 327 Å². The molecule has 6 rings (SSSR count). The molecule has 18 heteroatoms. The van der Waals surface area contributed by atoms with Crippen LogP contribution in [0.3, 0.4) is 0 Å². The summed E-state index contributed by atoms with van der Waals surface area (Å²) >= 11 is 1.23. The van der Waals surface area contributed by atoms with Gasteiger partial charge in [0.25, 0.3) is 17.7 Å². The fraction of sp³-hybridized carbons (Fsp3) is 0.229. The first-order chi connectivity index (χ1) is 24.9. The summed E-state index contributed by atoms with van der Waals surface area (Å²) in [5.74, 6) is -5.70. The van der Waals surface area contributed by atoms with Gasteiger partial charge in [0.05, 0.1) is 17.2 Å². The van der Waals surface area contributed by atoms with Gasteiger partial charge in [-0.25, -0.2) is 9.18 Å². The fourth-order valence-electron chi connectivity index (χ4n) is 5.83. The number of carboxylic acids is 2. The minimum Gasteiger partial charge on any atom is -0.543 e. The van der Waals surface area contributed by atoms with Gasteiger partial charge in [-0.05, 0) is 60.0 Å². The number of anilines is 1. The minimum absolute atomic E-state index is 0. The number of allylic oxidation sites excluding steroid dienone is 1. The van der Waals surface area contributed by atoms with Gasteiger partial charge in [-0.1, -0.05) is 0 Å². The van der Waals surface area contributed by atoms with E-state index in [4.69, 9.17) is 9.84 Å². The number of nitrogens with one attached hydrogen (secondary N) is 2. The van der Waals surface area contributed by atoms with Gasteiger partial charge in [-0.15, -0.1) is 11.8 Å². The number of phenols is 1. The van der Waals surface area contributed by atoms with Crippen molar-refractivity contribution >= 4 is 82.6 Å². The zero-order valence-corrected chi connectivity index (χ0v) is 30.9. The third-order valence-corrected chi connectivity index (χ3v) is 9.73. The topological polar surface area (TPSA) is 210 Å². The number of amides is 4. The zero-order valence-electron chi connectivity index (χ0n) is 28.1. The van der Waals surface area contributed by atoms with Crippen molar-refractivity contribution in [2.75, 3.05) is 24.2 Å². The minimum atomic E-state index is -1.59. The summed E-state index contributed by atoms with van der Waals surface area (Å²) in [4.78, 5) is 77.1. The first-order valence-electron chi connectivity index (χ1n) is 15.8. The van der Waals surface area contributed by atoms with Crippen LogP contribution in [-0.4, -0.2) is 115 Å². The first kappa shape index (κ1) is 39.0. The number of benzene rings is 2. The Balaban J connectivity index is 0.00000541. The van der Waals surface area contributed by atoms with Crippen LogP contribution in [0.5, 0.6) is 11.5 Å². The molecule has 2 saturated heterocycles. The number of rotatable bonds is 12. The molecule has 0 spiro atoms. The summed E-state index contributed by atoms with van der Waals surface area (Å²) in [5.41, 5.74) is 1.27. The van der Waals surface area contributed by atoms with Crippen LogP contribution >= 0.6 is 11.8 Å². The maximum Gasteiger partial charge on any atom is 0.335 e. The molecule has 0 unspecified atom stereocenters. The summed E-state index contributed by atoms with van der Waals surface area (Å²) in [7, 11) is 0. The van der Waals surface area contributed by atoms with Crippen LogP contribution in [0.1, 0.15) is 22.3 Å². The SMILES string of the molecule is O=C(C[n+]1ccc(CN2CCC(=CC3=C(C(=O)[O-])N4C(=O)[C@@H](NC(=O)COc5ccc(C(=O)O)cc5)[C@H]4SC3)C2=O)cc1)Nc1ccc(O)c(F)c1.[Na]. The normalized spacial score (nSPS) is 18.5. The number of nitrogens with zero attached hydrogens (tertiary/aromatic N) is 3. The number of aromatic hydroxyl groups is 1. The molecule has 53 heavy (non-hydrogen) atoms. The van der Waals surface area contributed by atoms with Gasteiger partial charge in [-0.2, -0.15) is 4.57 Å². The summed E-state index contributed by atoms with van der Waals surface area (Å²) in [6, 6.07) is 11.4. The number of hydrogen-bond acceptors (Lipinski definition) is 10. The number of thioether (sulfide) groups is 1. The molecule has 3 aromatic rings. The van der Waals surface area contributed by atoms with Crippen molar-refractivity contribution in [3.8, 4) is 11.5 Å². The molecule has 269 valence electrons. The number of halogens is 1. The van der Waals surface area contributed by atoms with Gasteiger partial charge in [0.2, 0.25) is 12.5 Å². The number of hydrogen-bond donors (Lipinski definition) is 4. The Morgan fingerprint density at radius 1 is 1.06 bits per heavy atom. The van der Waals surface area contributed by atoms with E-state index < -0.39 is 59.2 Å². The Kier molecular flexibility index (Phi) is 12.2. The van der Waals surface area contributed by atoms with E-state index in [-0.39, 0.29) is 82.6 Å². The monoisotopic (exact) mass is 754 g/mol. The molecule has 2 fully saturated rings. The zero-order chi connectivity index (χ0) is 37.1. The molecule has 1 aromatic heterocycles. The smallest absolute Gasteiger partial charge is 0.335 e. The van der Waals surface area contributed by atoms with Crippen LogP contribution in [0.15, 0.2) is 89.9 Å². The summed E-state index contributed by atoms with van der Waals surface area (Å²) in [5, 5.41) is 34.9. The van der Waals surface area contributed by atoms with Gasteiger partial charge >= 0.3 is 5.97 Å². The predicted molar refractivity (Wildman–Crippen MR) is 183 cm³/mol. The van der Waals surface area contributed by atoms with E-state index in [0.29, 0.717) is 18.5 Å². The molecule has 1 radical (unpaired) electrons. The van der Waals surface area contributed by atoms with Crippen molar-refractivity contribution in [2.24, 2.45) is 0 Å². The van der Waals surface area contributed by atoms with Gasteiger partial charge in [0.15, 0.2) is 30.6 Å². The summed E-state index contributed by atoms with van der Waals surface area (Å²) in [6.45, 7) is 0.0960. The number of carbonyl (C=O) groups excluding carboxylic acids is 5. The van der Waals surface area contributed by atoms with Gasteiger partial charge in [-0.3, -0.25) is 24.1 Å². The molecule has 0 aliphatic carbocycles. The Bertz CT molecular complexity index is 2040. The van der Waals surface area contributed by atoms with Crippen molar-refractivity contribution < 1.29 is 57.8 Å². The maximum absolute atomic E-state index is 13.6. The second-order valence-corrected chi connectivity index (χ2v) is 13.1. The van der Waals surface area contributed by atoms with E-state index in [0.717, 1.165) is 22.6 Å². The maximum atomic E-state index is 13.6. The van der Waals surface area contributed by atoms with Crippen molar-refractivity contribution in [1.29, 1.82) is 0 Å². The molecule has 4 heterocycles.